The lowest BCUT2D eigenvalue weighted by atomic mass is 10.1. The van der Waals surface area contributed by atoms with E-state index in [1.807, 2.05) is 6.92 Å². The van der Waals surface area contributed by atoms with Crippen molar-refractivity contribution in [2.75, 3.05) is 26.7 Å². The first-order valence-corrected chi connectivity index (χ1v) is 6.47. The predicted octanol–water partition coefficient (Wildman–Crippen LogP) is -0.900. The zero-order chi connectivity index (χ0) is 13.1. The van der Waals surface area contributed by atoms with Gasteiger partial charge in [-0.2, -0.15) is 0 Å². The highest BCUT2D eigenvalue weighted by molar-refractivity contribution is 5.88. The van der Waals surface area contributed by atoms with Gasteiger partial charge in [0.1, 0.15) is 6.04 Å². The first-order valence-electron chi connectivity index (χ1n) is 6.47. The standard InChI is InChI=1S/C12H21N3O3/c1-8-11(13-5-6-18-8)12(17)15(2)7-10(16)14-9-3-4-9/h8-9,11,13H,3-7H2,1-2H3,(H,14,16)/t8-,11+/m1/s1. The summed E-state index contributed by atoms with van der Waals surface area (Å²) in [4.78, 5) is 25.2. The van der Waals surface area contributed by atoms with Crippen LogP contribution in [0.4, 0.5) is 0 Å². The minimum absolute atomic E-state index is 0.0854. The van der Waals surface area contributed by atoms with Crippen LogP contribution in [0.25, 0.3) is 0 Å². The number of nitrogens with one attached hydrogen (secondary N) is 2. The highest BCUT2D eigenvalue weighted by Crippen LogP contribution is 2.18. The van der Waals surface area contributed by atoms with Crippen LogP contribution in [0.15, 0.2) is 0 Å². The van der Waals surface area contributed by atoms with Crippen molar-refractivity contribution < 1.29 is 14.3 Å². The maximum atomic E-state index is 12.1. The summed E-state index contributed by atoms with van der Waals surface area (Å²) in [5.74, 6) is -0.175. The molecule has 6 heteroatoms. The second kappa shape index (κ2) is 5.67. The summed E-state index contributed by atoms with van der Waals surface area (Å²) in [6.07, 6.45) is 1.96. The van der Waals surface area contributed by atoms with Gasteiger partial charge in [-0.1, -0.05) is 0 Å². The van der Waals surface area contributed by atoms with Gasteiger partial charge in [-0.25, -0.2) is 0 Å². The van der Waals surface area contributed by atoms with Crippen molar-refractivity contribution in [1.82, 2.24) is 15.5 Å². The molecule has 18 heavy (non-hydrogen) atoms. The van der Waals surface area contributed by atoms with Crippen LogP contribution < -0.4 is 10.6 Å². The van der Waals surface area contributed by atoms with Crippen molar-refractivity contribution in [3.05, 3.63) is 0 Å². The minimum Gasteiger partial charge on any atom is -0.375 e. The van der Waals surface area contributed by atoms with E-state index in [2.05, 4.69) is 10.6 Å². The molecule has 2 fully saturated rings. The molecule has 0 aromatic heterocycles. The number of likely N-dealkylation sites (N-methyl/N-ethyl adjacent to an activating group) is 1. The fourth-order valence-corrected chi connectivity index (χ4v) is 2.04. The summed E-state index contributed by atoms with van der Waals surface area (Å²) in [6.45, 7) is 3.27. The molecule has 2 aliphatic rings. The third-order valence-corrected chi connectivity index (χ3v) is 3.28. The fraction of sp³-hybridized carbons (Fsp3) is 0.833. The number of carbonyl (C=O) groups is 2. The number of hydrogen-bond acceptors (Lipinski definition) is 4. The molecule has 102 valence electrons. The van der Waals surface area contributed by atoms with Crippen LogP contribution in [0.1, 0.15) is 19.8 Å². The molecule has 1 aliphatic heterocycles. The fourth-order valence-electron chi connectivity index (χ4n) is 2.04. The molecule has 2 amide bonds. The zero-order valence-electron chi connectivity index (χ0n) is 10.9. The average molecular weight is 255 g/mol. The zero-order valence-corrected chi connectivity index (χ0v) is 10.9. The molecular weight excluding hydrogens is 234 g/mol. The average Bonchev–Trinajstić information content (AvgIpc) is 3.12. The van der Waals surface area contributed by atoms with E-state index in [0.29, 0.717) is 19.2 Å². The Morgan fingerprint density at radius 2 is 2.17 bits per heavy atom. The summed E-state index contributed by atoms with van der Waals surface area (Å²) in [5.41, 5.74) is 0. The van der Waals surface area contributed by atoms with Gasteiger partial charge in [0.15, 0.2) is 0 Å². The van der Waals surface area contributed by atoms with Crippen molar-refractivity contribution in [2.24, 2.45) is 0 Å². The molecule has 0 aromatic rings. The maximum Gasteiger partial charge on any atom is 0.242 e. The largest absolute Gasteiger partial charge is 0.375 e. The topological polar surface area (TPSA) is 70.7 Å². The van der Waals surface area contributed by atoms with Crippen molar-refractivity contribution in [2.45, 2.75) is 38.0 Å². The molecule has 1 aliphatic carbocycles. The highest BCUT2D eigenvalue weighted by Gasteiger charge is 2.31. The van der Waals surface area contributed by atoms with Gasteiger partial charge in [0.2, 0.25) is 11.8 Å². The number of hydrogen-bond donors (Lipinski definition) is 2. The molecule has 6 nitrogen and oxygen atoms in total. The molecule has 1 saturated heterocycles. The third kappa shape index (κ3) is 3.43. The smallest absolute Gasteiger partial charge is 0.242 e. The molecular formula is C12H21N3O3. The molecule has 1 saturated carbocycles. The molecule has 0 radical (unpaired) electrons. The summed E-state index contributed by atoms with van der Waals surface area (Å²) in [7, 11) is 1.65. The molecule has 0 spiro atoms. The van der Waals surface area contributed by atoms with Crippen LogP contribution in [0, 0.1) is 0 Å². The molecule has 0 bridgehead atoms. The molecule has 1 heterocycles. The van der Waals surface area contributed by atoms with E-state index >= 15 is 0 Å². The van der Waals surface area contributed by atoms with Gasteiger partial charge in [0.05, 0.1) is 19.3 Å². The maximum absolute atomic E-state index is 12.1. The second-order valence-electron chi connectivity index (χ2n) is 5.04. The first kappa shape index (κ1) is 13.3. The van der Waals surface area contributed by atoms with Gasteiger partial charge in [-0.15, -0.1) is 0 Å². The van der Waals surface area contributed by atoms with Crippen LogP contribution in [-0.4, -0.2) is 61.6 Å². The Morgan fingerprint density at radius 3 is 2.78 bits per heavy atom. The van der Waals surface area contributed by atoms with Crippen LogP contribution in [-0.2, 0) is 14.3 Å². The quantitative estimate of drug-likeness (QED) is 0.683. The predicted molar refractivity (Wildman–Crippen MR) is 66.0 cm³/mol. The Labute approximate surface area is 107 Å². The van der Waals surface area contributed by atoms with Crippen LogP contribution >= 0.6 is 0 Å². The van der Waals surface area contributed by atoms with Gasteiger partial charge >= 0.3 is 0 Å². The number of morpholine rings is 1. The molecule has 2 atom stereocenters. The summed E-state index contributed by atoms with van der Waals surface area (Å²) >= 11 is 0. The lowest BCUT2D eigenvalue weighted by Gasteiger charge is -2.32. The highest BCUT2D eigenvalue weighted by atomic mass is 16.5. The third-order valence-electron chi connectivity index (χ3n) is 3.28. The van der Waals surface area contributed by atoms with E-state index in [1.165, 1.54) is 4.90 Å². The van der Waals surface area contributed by atoms with E-state index < -0.39 is 0 Å². The number of ether oxygens (including phenoxy) is 1. The van der Waals surface area contributed by atoms with E-state index in [1.54, 1.807) is 7.05 Å². The first-order chi connectivity index (χ1) is 8.58. The Hall–Kier alpha value is -1.14. The molecule has 2 N–H and O–H groups in total. The van der Waals surface area contributed by atoms with E-state index in [-0.39, 0.29) is 30.5 Å². The van der Waals surface area contributed by atoms with Crippen molar-refractivity contribution in [3.8, 4) is 0 Å². The van der Waals surface area contributed by atoms with Gasteiger partial charge in [0.25, 0.3) is 0 Å². The number of rotatable bonds is 4. The molecule has 0 aromatic carbocycles. The van der Waals surface area contributed by atoms with Crippen LogP contribution in [0.5, 0.6) is 0 Å². The van der Waals surface area contributed by atoms with E-state index in [4.69, 9.17) is 4.74 Å². The van der Waals surface area contributed by atoms with Crippen molar-refractivity contribution >= 4 is 11.8 Å². The monoisotopic (exact) mass is 255 g/mol. The van der Waals surface area contributed by atoms with E-state index in [0.717, 1.165) is 12.8 Å². The summed E-state index contributed by atoms with van der Waals surface area (Å²) in [5, 5.41) is 6.00. The molecule has 2 rings (SSSR count). The van der Waals surface area contributed by atoms with Crippen molar-refractivity contribution in [1.29, 1.82) is 0 Å². The minimum atomic E-state index is -0.350. The van der Waals surface area contributed by atoms with Gasteiger partial charge < -0.3 is 20.3 Å². The number of amides is 2. The van der Waals surface area contributed by atoms with Crippen molar-refractivity contribution in [3.63, 3.8) is 0 Å². The lowest BCUT2D eigenvalue weighted by molar-refractivity contribution is -0.141. The Balaban J connectivity index is 1.80. The Morgan fingerprint density at radius 1 is 1.44 bits per heavy atom. The van der Waals surface area contributed by atoms with Gasteiger partial charge in [-0.05, 0) is 19.8 Å². The Bertz CT molecular complexity index is 331. The van der Waals surface area contributed by atoms with Gasteiger partial charge in [0, 0.05) is 19.6 Å². The van der Waals surface area contributed by atoms with E-state index in [9.17, 15) is 9.59 Å². The Kier molecular flexibility index (Phi) is 4.19. The van der Waals surface area contributed by atoms with Crippen LogP contribution in [0.3, 0.4) is 0 Å². The normalized spacial score (nSPS) is 27.7. The van der Waals surface area contributed by atoms with Gasteiger partial charge in [-0.3, -0.25) is 9.59 Å². The second-order valence-corrected chi connectivity index (χ2v) is 5.04. The SMILES string of the molecule is C[C@H]1OCCN[C@@H]1C(=O)N(C)CC(=O)NC1CC1. The lowest BCUT2D eigenvalue weighted by Crippen LogP contribution is -2.56. The molecule has 0 unspecified atom stereocenters. The summed E-state index contributed by atoms with van der Waals surface area (Å²) in [6, 6.07) is -0.0199. The number of carbonyl (C=O) groups excluding carboxylic acids is 2. The van der Waals surface area contributed by atoms with Crippen LogP contribution in [0.2, 0.25) is 0 Å². The number of nitrogens with zero attached hydrogens (tertiary/aromatic N) is 1. The summed E-state index contributed by atoms with van der Waals surface area (Å²) < 4.78 is 5.43.